The van der Waals surface area contributed by atoms with Crippen LogP contribution in [0.4, 0.5) is 0 Å². The molecule has 4 heterocycles. The number of fused-ring (bicyclic) bond motifs is 1. The first-order chi connectivity index (χ1) is 15.0. The lowest BCUT2D eigenvalue weighted by atomic mass is 9.91. The number of amides is 2. The topological polar surface area (TPSA) is 107 Å². The van der Waals surface area contributed by atoms with Gasteiger partial charge in [0.15, 0.2) is 0 Å². The fourth-order valence-electron chi connectivity index (χ4n) is 4.34. The summed E-state index contributed by atoms with van der Waals surface area (Å²) in [5, 5.41) is 3.93. The van der Waals surface area contributed by atoms with Crippen molar-refractivity contribution in [3.63, 3.8) is 0 Å². The lowest BCUT2D eigenvalue weighted by molar-refractivity contribution is 0.0679. The van der Waals surface area contributed by atoms with Gasteiger partial charge < -0.3 is 20.2 Å². The molecule has 3 N–H and O–H groups in total. The highest BCUT2D eigenvalue weighted by atomic mass is 16.2. The normalized spacial score (nSPS) is 14.8. The number of aromatic amines is 2. The van der Waals surface area contributed by atoms with Crippen molar-refractivity contribution in [1.29, 1.82) is 0 Å². The van der Waals surface area contributed by atoms with Crippen molar-refractivity contribution in [1.82, 2.24) is 30.2 Å². The number of aryl methyl sites for hydroxylation is 2. The third kappa shape index (κ3) is 4.95. The van der Waals surface area contributed by atoms with Crippen LogP contribution in [0.25, 0.3) is 10.9 Å². The Bertz CT molecular complexity index is 1030. The SMILES string of the molecule is Cc1nc(C(=O)N2CCC(CCCCNC(=O)c3cc4cnccc4[nH]3)CC2)c(C)[nH]1. The number of hydrogen-bond donors (Lipinski definition) is 3. The summed E-state index contributed by atoms with van der Waals surface area (Å²) >= 11 is 0. The summed E-state index contributed by atoms with van der Waals surface area (Å²) in [6, 6.07) is 3.69. The first-order valence-electron chi connectivity index (χ1n) is 11.0. The summed E-state index contributed by atoms with van der Waals surface area (Å²) in [5.41, 5.74) is 2.89. The average Bonchev–Trinajstić information content (AvgIpc) is 3.36. The Morgan fingerprint density at radius 3 is 2.71 bits per heavy atom. The summed E-state index contributed by atoms with van der Waals surface area (Å²) < 4.78 is 0. The number of nitrogens with zero attached hydrogens (tertiary/aromatic N) is 3. The Morgan fingerprint density at radius 1 is 1.19 bits per heavy atom. The van der Waals surface area contributed by atoms with Crippen molar-refractivity contribution in [2.45, 2.75) is 46.0 Å². The summed E-state index contributed by atoms with van der Waals surface area (Å²) in [6.07, 6.45) is 8.69. The van der Waals surface area contributed by atoms with Crippen molar-refractivity contribution < 1.29 is 9.59 Å². The fraction of sp³-hybridized carbons (Fsp3) is 0.478. The number of hydrogen-bond acceptors (Lipinski definition) is 4. The largest absolute Gasteiger partial charge is 0.351 e. The molecule has 2 amide bonds. The van der Waals surface area contributed by atoms with E-state index in [9.17, 15) is 9.59 Å². The zero-order valence-electron chi connectivity index (χ0n) is 18.2. The Hall–Kier alpha value is -3.16. The standard InChI is InChI=1S/C23H30N6O2/c1-15-21(27-16(2)26-15)23(31)29-11-7-17(8-12-29)5-3-4-9-25-22(30)20-13-18-14-24-10-6-19(18)28-20/h6,10,13-14,17,28H,3-5,7-9,11-12H2,1-2H3,(H,25,30)(H,26,27). The third-order valence-corrected chi connectivity index (χ3v) is 6.10. The van der Waals surface area contributed by atoms with Crippen LogP contribution in [0, 0.1) is 19.8 Å². The maximum absolute atomic E-state index is 12.7. The fourth-order valence-corrected chi connectivity index (χ4v) is 4.34. The molecule has 0 bridgehead atoms. The van der Waals surface area contributed by atoms with Crippen LogP contribution < -0.4 is 5.32 Å². The molecule has 8 nitrogen and oxygen atoms in total. The van der Waals surface area contributed by atoms with Crippen molar-refractivity contribution in [2.75, 3.05) is 19.6 Å². The van der Waals surface area contributed by atoms with Crippen LogP contribution in [-0.4, -0.2) is 56.3 Å². The number of rotatable bonds is 7. The van der Waals surface area contributed by atoms with E-state index in [-0.39, 0.29) is 11.8 Å². The lowest BCUT2D eigenvalue weighted by Crippen LogP contribution is -2.39. The minimum absolute atomic E-state index is 0.0378. The number of likely N-dealkylation sites (tertiary alicyclic amines) is 1. The molecule has 164 valence electrons. The molecule has 1 aliphatic heterocycles. The van der Waals surface area contributed by atoms with Crippen molar-refractivity contribution in [2.24, 2.45) is 5.92 Å². The second-order valence-corrected chi connectivity index (χ2v) is 8.43. The Labute approximate surface area is 181 Å². The molecule has 3 aromatic rings. The van der Waals surface area contributed by atoms with E-state index in [4.69, 9.17) is 0 Å². The van der Waals surface area contributed by atoms with E-state index in [1.807, 2.05) is 30.9 Å². The Morgan fingerprint density at radius 2 is 2.00 bits per heavy atom. The summed E-state index contributed by atoms with van der Waals surface area (Å²) in [7, 11) is 0. The van der Waals surface area contributed by atoms with E-state index in [0.717, 1.165) is 67.6 Å². The minimum atomic E-state index is -0.0769. The highest BCUT2D eigenvalue weighted by molar-refractivity contribution is 5.97. The van der Waals surface area contributed by atoms with Crippen LogP contribution in [0.15, 0.2) is 24.5 Å². The summed E-state index contributed by atoms with van der Waals surface area (Å²) in [5.74, 6) is 1.38. The molecular formula is C23H30N6O2. The Kier molecular flexibility index (Phi) is 6.34. The zero-order chi connectivity index (χ0) is 21.8. The van der Waals surface area contributed by atoms with Crippen LogP contribution in [0.5, 0.6) is 0 Å². The maximum Gasteiger partial charge on any atom is 0.274 e. The van der Waals surface area contributed by atoms with Gasteiger partial charge in [0.05, 0.1) is 0 Å². The van der Waals surface area contributed by atoms with E-state index in [1.54, 1.807) is 12.4 Å². The molecule has 1 fully saturated rings. The van der Waals surface area contributed by atoms with Crippen molar-refractivity contribution in [3.8, 4) is 0 Å². The van der Waals surface area contributed by atoms with Crippen LogP contribution in [-0.2, 0) is 0 Å². The molecule has 3 aromatic heterocycles. The number of imidazole rings is 1. The quantitative estimate of drug-likeness (QED) is 0.508. The van der Waals surface area contributed by atoms with Crippen LogP contribution in [0.1, 0.15) is 64.6 Å². The van der Waals surface area contributed by atoms with Crippen LogP contribution in [0.3, 0.4) is 0 Å². The van der Waals surface area contributed by atoms with E-state index < -0.39 is 0 Å². The summed E-state index contributed by atoms with van der Waals surface area (Å²) in [4.78, 5) is 41.6. The molecule has 31 heavy (non-hydrogen) atoms. The zero-order valence-corrected chi connectivity index (χ0v) is 18.2. The molecule has 4 rings (SSSR count). The predicted octanol–water partition coefficient (Wildman–Crippen LogP) is 3.36. The van der Waals surface area contributed by atoms with Gasteiger partial charge in [0, 0.05) is 48.6 Å². The first kappa shape index (κ1) is 21.1. The van der Waals surface area contributed by atoms with Gasteiger partial charge in [-0.05, 0) is 51.2 Å². The van der Waals surface area contributed by atoms with Crippen molar-refractivity contribution in [3.05, 3.63) is 47.4 Å². The molecule has 0 aromatic carbocycles. The number of aromatic nitrogens is 4. The summed E-state index contributed by atoms with van der Waals surface area (Å²) in [6.45, 7) is 6.02. The van der Waals surface area contributed by atoms with Gasteiger partial charge in [-0.15, -0.1) is 0 Å². The van der Waals surface area contributed by atoms with E-state index in [2.05, 4.69) is 25.3 Å². The van der Waals surface area contributed by atoms with Gasteiger partial charge in [0.25, 0.3) is 11.8 Å². The molecule has 1 saturated heterocycles. The molecule has 8 heteroatoms. The number of unbranched alkanes of at least 4 members (excludes halogenated alkanes) is 1. The number of carbonyl (C=O) groups excluding carboxylic acids is 2. The van der Waals surface area contributed by atoms with E-state index in [0.29, 0.717) is 23.9 Å². The number of pyridine rings is 1. The van der Waals surface area contributed by atoms with E-state index in [1.165, 1.54) is 0 Å². The van der Waals surface area contributed by atoms with Gasteiger partial charge in [-0.25, -0.2) is 4.98 Å². The average molecular weight is 423 g/mol. The molecule has 0 spiro atoms. The minimum Gasteiger partial charge on any atom is -0.351 e. The van der Waals surface area contributed by atoms with Gasteiger partial charge in [-0.3, -0.25) is 14.6 Å². The number of piperidine rings is 1. The van der Waals surface area contributed by atoms with Gasteiger partial charge in [0.2, 0.25) is 0 Å². The molecule has 0 atom stereocenters. The van der Waals surface area contributed by atoms with Gasteiger partial charge in [-0.1, -0.05) is 12.8 Å². The molecular weight excluding hydrogens is 392 g/mol. The van der Waals surface area contributed by atoms with Gasteiger partial charge in [-0.2, -0.15) is 0 Å². The van der Waals surface area contributed by atoms with Gasteiger partial charge >= 0.3 is 0 Å². The van der Waals surface area contributed by atoms with Gasteiger partial charge in [0.1, 0.15) is 17.2 Å². The molecule has 0 radical (unpaired) electrons. The third-order valence-electron chi connectivity index (χ3n) is 6.10. The Balaban J connectivity index is 1.14. The number of H-pyrrole nitrogens is 2. The maximum atomic E-state index is 12.7. The second-order valence-electron chi connectivity index (χ2n) is 8.43. The first-order valence-corrected chi connectivity index (χ1v) is 11.0. The number of nitrogens with one attached hydrogen (secondary N) is 3. The molecule has 1 aliphatic rings. The molecule has 0 saturated carbocycles. The highest BCUT2D eigenvalue weighted by Gasteiger charge is 2.25. The monoisotopic (exact) mass is 422 g/mol. The second kappa shape index (κ2) is 9.32. The predicted molar refractivity (Wildman–Crippen MR) is 119 cm³/mol. The number of carbonyl (C=O) groups is 2. The van der Waals surface area contributed by atoms with E-state index >= 15 is 0 Å². The van der Waals surface area contributed by atoms with Crippen LogP contribution >= 0.6 is 0 Å². The smallest absolute Gasteiger partial charge is 0.274 e. The van der Waals surface area contributed by atoms with Crippen molar-refractivity contribution >= 4 is 22.7 Å². The van der Waals surface area contributed by atoms with Crippen LogP contribution in [0.2, 0.25) is 0 Å². The highest BCUT2D eigenvalue weighted by Crippen LogP contribution is 2.24. The lowest BCUT2D eigenvalue weighted by Gasteiger charge is -2.31. The molecule has 0 aliphatic carbocycles. The molecule has 0 unspecified atom stereocenters.